The third-order valence-corrected chi connectivity index (χ3v) is 6.56. The van der Waals surface area contributed by atoms with Gasteiger partial charge in [-0.25, -0.2) is 8.42 Å². The van der Waals surface area contributed by atoms with Crippen LogP contribution in [0.3, 0.4) is 0 Å². The maximum absolute atomic E-state index is 12.6. The molecule has 4 nitrogen and oxygen atoms in total. The van der Waals surface area contributed by atoms with Crippen molar-refractivity contribution in [2.45, 2.75) is 25.3 Å². The van der Waals surface area contributed by atoms with Crippen molar-refractivity contribution in [3.8, 4) is 0 Å². The molecule has 0 saturated heterocycles. The van der Waals surface area contributed by atoms with E-state index >= 15 is 0 Å². The molecule has 2 N–H and O–H groups in total. The van der Waals surface area contributed by atoms with Gasteiger partial charge in [0.2, 0.25) is 10.0 Å². The number of sulfonamides is 1. The second-order valence-corrected chi connectivity index (χ2v) is 8.20. The summed E-state index contributed by atoms with van der Waals surface area (Å²) in [5, 5.41) is 2.03. The van der Waals surface area contributed by atoms with Crippen LogP contribution in [-0.2, 0) is 35.3 Å². The van der Waals surface area contributed by atoms with Crippen molar-refractivity contribution in [2.24, 2.45) is 5.73 Å². The smallest absolute Gasteiger partial charge is 0.218 e. The lowest BCUT2D eigenvalue weighted by Gasteiger charge is -2.26. The minimum Gasteiger partial charge on any atom is -0.326 e. The maximum atomic E-state index is 12.6. The molecule has 0 saturated carbocycles. The van der Waals surface area contributed by atoms with Crippen LogP contribution < -0.4 is 5.73 Å². The summed E-state index contributed by atoms with van der Waals surface area (Å²) in [5.41, 5.74) is 8.51. The van der Waals surface area contributed by atoms with Crippen LogP contribution in [0.5, 0.6) is 0 Å². The van der Waals surface area contributed by atoms with Gasteiger partial charge in [0.25, 0.3) is 0 Å². The van der Waals surface area contributed by atoms with Gasteiger partial charge < -0.3 is 5.73 Å². The van der Waals surface area contributed by atoms with Crippen LogP contribution in [0.15, 0.2) is 35.7 Å². The Hall–Kier alpha value is -1.21. The molecule has 1 aliphatic heterocycles. The molecule has 1 aromatic carbocycles. The lowest BCUT2D eigenvalue weighted by atomic mass is 10.1. The van der Waals surface area contributed by atoms with E-state index in [2.05, 4.69) is 0 Å². The Morgan fingerprint density at radius 1 is 1.24 bits per heavy atom. The highest BCUT2D eigenvalue weighted by atomic mass is 32.2. The fourth-order valence-electron chi connectivity index (χ4n) is 2.61. The van der Waals surface area contributed by atoms with E-state index in [0.717, 1.165) is 23.1 Å². The van der Waals surface area contributed by atoms with E-state index in [4.69, 9.17) is 5.73 Å². The minimum atomic E-state index is -3.28. The predicted molar refractivity (Wildman–Crippen MR) is 85.4 cm³/mol. The third kappa shape index (κ3) is 3.18. The minimum absolute atomic E-state index is 0.0420. The van der Waals surface area contributed by atoms with Crippen LogP contribution in [0.1, 0.15) is 21.6 Å². The average Bonchev–Trinajstić information content (AvgIpc) is 2.94. The van der Waals surface area contributed by atoms with Gasteiger partial charge in [0.1, 0.15) is 0 Å². The first kappa shape index (κ1) is 14.7. The summed E-state index contributed by atoms with van der Waals surface area (Å²) in [6, 6.07) is 9.51. The summed E-state index contributed by atoms with van der Waals surface area (Å²) in [6.45, 7) is 1.50. The molecule has 0 radical (unpaired) electrons. The number of benzene rings is 1. The Labute approximate surface area is 129 Å². The van der Waals surface area contributed by atoms with Gasteiger partial charge in [0, 0.05) is 24.5 Å². The predicted octanol–water partition coefficient (Wildman–Crippen LogP) is 2.09. The van der Waals surface area contributed by atoms with Gasteiger partial charge in [-0.15, -0.1) is 11.3 Å². The van der Waals surface area contributed by atoms with Gasteiger partial charge in [-0.05, 0) is 34.6 Å². The number of hydrogen-bond acceptors (Lipinski definition) is 4. The molecular formula is C15H18N2O2S2. The Balaban J connectivity index is 1.78. The van der Waals surface area contributed by atoms with Crippen molar-refractivity contribution in [1.82, 2.24) is 4.31 Å². The van der Waals surface area contributed by atoms with E-state index in [1.165, 1.54) is 4.88 Å². The largest absolute Gasteiger partial charge is 0.326 e. The molecule has 0 amide bonds. The summed E-state index contributed by atoms with van der Waals surface area (Å²) < 4.78 is 26.8. The number of rotatable bonds is 4. The summed E-state index contributed by atoms with van der Waals surface area (Å²) in [5.74, 6) is 0.0420. The Morgan fingerprint density at radius 2 is 2.05 bits per heavy atom. The molecule has 0 spiro atoms. The van der Waals surface area contributed by atoms with Crippen molar-refractivity contribution < 1.29 is 8.42 Å². The van der Waals surface area contributed by atoms with Crippen LogP contribution >= 0.6 is 11.3 Å². The molecule has 1 aliphatic rings. The Kier molecular flexibility index (Phi) is 4.12. The number of nitrogens with zero attached hydrogens (tertiary/aromatic N) is 1. The molecule has 3 rings (SSSR count). The first-order valence-electron chi connectivity index (χ1n) is 6.89. The third-order valence-electron chi connectivity index (χ3n) is 3.74. The van der Waals surface area contributed by atoms with Crippen LogP contribution in [0, 0.1) is 0 Å². The molecule has 0 atom stereocenters. The molecule has 2 heterocycles. The lowest BCUT2D eigenvalue weighted by molar-refractivity contribution is 0.393. The van der Waals surface area contributed by atoms with Crippen molar-refractivity contribution >= 4 is 21.4 Å². The summed E-state index contributed by atoms with van der Waals surface area (Å²) in [4.78, 5) is 1.31. The molecule has 6 heteroatoms. The Morgan fingerprint density at radius 3 is 2.86 bits per heavy atom. The summed E-state index contributed by atoms with van der Waals surface area (Å²) >= 11 is 1.71. The van der Waals surface area contributed by atoms with Gasteiger partial charge in [0.05, 0.1) is 5.75 Å². The van der Waals surface area contributed by atoms with E-state index in [-0.39, 0.29) is 5.75 Å². The van der Waals surface area contributed by atoms with Gasteiger partial charge >= 0.3 is 0 Å². The lowest BCUT2D eigenvalue weighted by Crippen LogP contribution is -2.36. The molecule has 0 bridgehead atoms. The molecule has 0 fully saturated rings. The van der Waals surface area contributed by atoms with E-state index in [1.807, 2.05) is 35.7 Å². The van der Waals surface area contributed by atoms with E-state index in [9.17, 15) is 8.42 Å². The summed E-state index contributed by atoms with van der Waals surface area (Å²) in [7, 11) is -3.28. The SMILES string of the molecule is NCc1cccc(CS(=O)(=O)N2CCc3sccc3C2)c1. The van der Waals surface area contributed by atoms with Crippen LogP contribution in [0.4, 0.5) is 0 Å². The van der Waals surface area contributed by atoms with Gasteiger partial charge in [0.15, 0.2) is 0 Å². The second kappa shape index (κ2) is 5.88. The van der Waals surface area contributed by atoms with E-state index < -0.39 is 10.0 Å². The van der Waals surface area contributed by atoms with Gasteiger partial charge in [-0.3, -0.25) is 0 Å². The number of thiophene rings is 1. The highest BCUT2D eigenvalue weighted by Crippen LogP contribution is 2.26. The van der Waals surface area contributed by atoms with E-state index in [0.29, 0.717) is 19.6 Å². The molecule has 2 aromatic rings. The molecule has 0 unspecified atom stereocenters. The van der Waals surface area contributed by atoms with Crippen molar-refractivity contribution in [2.75, 3.05) is 6.54 Å². The summed E-state index contributed by atoms with van der Waals surface area (Å²) in [6.07, 6.45) is 0.815. The normalized spacial score (nSPS) is 15.9. The first-order valence-corrected chi connectivity index (χ1v) is 9.38. The van der Waals surface area contributed by atoms with Crippen molar-refractivity contribution in [3.05, 3.63) is 57.3 Å². The molecule has 21 heavy (non-hydrogen) atoms. The number of fused-ring (bicyclic) bond motifs is 1. The molecule has 112 valence electrons. The van der Waals surface area contributed by atoms with Crippen molar-refractivity contribution in [3.63, 3.8) is 0 Å². The zero-order chi connectivity index (χ0) is 14.9. The average molecular weight is 322 g/mol. The quantitative estimate of drug-likeness (QED) is 0.937. The molecule has 1 aromatic heterocycles. The topological polar surface area (TPSA) is 63.4 Å². The number of nitrogens with two attached hydrogens (primary N) is 1. The fraction of sp³-hybridized carbons (Fsp3) is 0.333. The van der Waals surface area contributed by atoms with Crippen LogP contribution in [0.2, 0.25) is 0 Å². The number of hydrogen-bond donors (Lipinski definition) is 1. The van der Waals surface area contributed by atoms with Gasteiger partial charge in [-0.1, -0.05) is 24.3 Å². The molecular weight excluding hydrogens is 304 g/mol. The van der Waals surface area contributed by atoms with Crippen LogP contribution in [-0.4, -0.2) is 19.3 Å². The zero-order valence-electron chi connectivity index (χ0n) is 11.7. The van der Waals surface area contributed by atoms with E-state index in [1.54, 1.807) is 15.6 Å². The maximum Gasteiger partial charge on any atom is 0.218 e. The molecule has 0 aliphatic carbocycles. The highest BCUT2D eigenvalue weighted by Gasteiger charge is 2.27. The second-order valence-electron chi connectivity index (χ2n) is 5.23. The highest BCUT2D eigenvalue weighted by molar-refractivity contribution is 7.88. The fourth-order valence-corrected chi connectivity index (χ4v) is 4.99. The zero-order valence-corrected chi connectivity index (χ0v) is 13.3. The first-order chi connectivity index (χ1) is 10.1. The standard InChI is InChI=1S/C15H18N2O2S2/c16-9-12-2-1-3-13(8-12)11-21(18,19)17-6-4-15-14(10-17)5-7-20-15/h1-3,5,7-8H,4,6,9-11,16H2. The van der Waals surface area contributed by atoms with Crippen LogP contribution in [0.25, 0.3) is 0 Å². The Bertz CT molecular complexity index is 738. The monoisotopic (exact) mass is 322 g/mol. The van der Waals surface area contributed by atoms with Crippen molar-refractivity contribution in [1.29, 1.82) is 0 Å². The van der Waals surface area contributed by atoms with Gasteiger partial charge in [-0.2, -0.15) is 4.31 Å².